The van der Waals surface area contributed by atoms with Gasteiger partial charge in [-0.15, -0.1) is 0 Å². The summed E-state index contributed by atoms with van der Waals surface area (Å²) >= 11 is 6.29. The van der Waals surface area contributed by atoms with Gasteiger partial charge in [-0.25, -0.2) is 21.6 Å². The van der Waals surface area contributed by atoms with Crippen molar-refractivity contribution < 1.29 is 36.6 Å². The number of nitrogens with zero attached hydrogens (tertiary/aromatic N) is 1. The molecule has 2 bridgehead atoms. The molecule has 12 heteroatoms. The summed E-state index contributed by atoms with van der Waals surface area (Å²) in [5.74, 6) is -4.89. The number of aromatic nitrogens is 1. The van der Waals surface area contributed by atoms with Crippen molar-refractivity contribution in [2.75, 3.05) is 5.32 Å². The Kier molecular flexibility index (Phi) is 7.45. The lowest BCUT2D eigenvalue weighted by Crippen LogP contribution is -2.52. The minimum absolute atomic E-state index is 0.0189. The van der Waals surface area contributed by atoms with E-state index in [1.807, 2.05) is 6.92 Å². The van der Waals surface area contributed by atoms with E-state index in [1.54, 1.807) is 0 Å². The lowest BCUT2D eigenvalue weighted by atomic mass is 9.69. The average molecular weight is 595 g/mol. The van der Waals surface area contributed by atoms with Crippen LogP contribution in [0.5, 0.6) is 0 Å². The molecule has 7 nitrogen and oxygen atoms in total. The Bertz CT molecular complexity index is 1570. The second kappa shape index (κ2) is 10.4. The van der Waals surface area contributed by atoms with Gasteiger partial charge in [-0.1, -0.05) is 18.5 Å². The van der Waals surface area contributed by atoms with Crippen LogP contribution in [0.2, 0.25) is 5.02 Å². The van der Waals surface area contributed by atoms with Gasteiger partial charge in [0.15, 0.2) is 21.5 Å². The van der Waals surface area contributed by atoms with Crippen molar-refractivity contribution in [1.82, 2.24) is 4.98 Å². The molecule has 2 fully saturated rings. The highest BCUT2D eigenvalue weighted by atomic mass is 35.5. The standard InChI is InChI=1S/C28H26ClF3N2O5S/c1-14-8-16-10-19(12-20(14)28(16,37)26(35)24-7-3-17(30)13-33-24)40(38,39)25-9-15(2-5-21(25)29)27(36)34-18-4-6-22(31)23(32)11-18/h2-7,9,11,13-14,16,19-20,26,35,37H,8,10,12H2,1H3,(H,34,36)/t14-,16?,19?,20?,26-,28+/m0/s1. The van der Waals surface area contributed by atoms with Gasteiger partial charge in [-0.2, -0.15) is 0 Å². The second-order valence-corrected chi connectivity index (χ2v) is 13.2. The summed E-state index contributed by atoms with van der Waals surface area (Å²) in [6, 6.07) is 8.97. The fourth-order valence-electron chi connectivity index (χ4n) is 6.25. The molecule has 6 atom stereocenters. The number of carbonyl (C=O) groups excluding carboxylic acids is 1. The Morgan fingerprint density at radius 3 is 2.48 bits per heavy atom. The Hall–Kier alpha value is -2.99. The van der Waals surface area contributed by atoms with E-state index < -0.39 is 62.0 Å². The number of aliphatic hydroxyl groups is 2. The fourth-order valence-corrected chi connectivity index (χ4v) is 8.62. The van der Waals surface area contributed by atoms with E-state index in [0.717, 1.165) is 30.5 Å². The van der Waals surface area contributed by atoms with Crippen molar-refractivity contribution in [3.63, 3.8) is 0 Å². The van der Waals surface area contributed by atoms with Crippen LogP contribution in [0.25, 0.3) is 0 Å². The van der Waals surface area contributed by atoms with E-state index in [1.165, 1.54) is 24.3 Å². The first-order valence-corrected chi connectivity index (χ1v) is 14.6. The molecule has 2 aliphatic rings. The number of pyridine rings is 1. The molecule has 3 unspecified atom stereocenters. The van der Waals surface area contributed by atoms with E-state index >= 15 is 0 Å². The Morgan fingerprint density at radius 1 is 1.07 bits per heavy atom. The van der Waals surface area contributed by atoms with Gasteiger partial charge in [0.2, 0.25) is 0 Å². The maximum absolute atomic E-state index is 13.8. The molecule has 3 N–H and O–H groups in total. The number of amides is 1. The molecular weight excluding hydrogens is 569 g/mol. The van der Waals surface area contributed by atoms with Crippen LogP contribution in [0, 0.1) is 35.2 Å². The zero-order valence-corrected chi connectivity index (χ0v) is 22.8. The fraction of sp³-hybridized carbons (Fsp3) is 0.357. The highest BCUT2D eigenvalue weighted by Gasteiger charge is 2.62. The van der Waals surface area contributed by atoms with Gasteiger partial charge < -0.3 is 15.5 Å². The van der Waals surface area contributed by atoms with Gasteiger partial charge in [0, 0.05) is 17.3 Å². The molecule has 0 spiro atoms. The molecule has 0 saturated heterocycles. The number of anilines is 1. The second-order valence-electron chi connectivity index (χ2n) is 10.6. The smallest absolute Gasteiger partial charge is 0.255 e. The highest BCUT2D eigenvalue weighted by Crippen LogP contribution is 2.58. The van der Waals surface area contributed by atoms with Crippen molar-refractivity contribution >= 4 is 33.0 Å². The summed E-state index contributed by atoms with van der Waals surface area (Å²) in [5, 5.41) is 24.2. The largest absolute Gasteiger partial charge is 0.386 e. The predicted octanol–water partition coefficient (Wildman–Crippen LogP) is 5.08. The van der Waals surface area contributed by atoms with E-state index in [9.17, 15) is 36.6 Å². The summed E-state index contributed by atoms with van der Waals surface area (Å²) in [5.41, 5.74) is -1.65. The van der Waals surface area contributed by atoms with Crippen molar-refractivity contribution in [3.05, 3.63) is 88.5 Å². The van der Waals surface area contributed by atoms with E-state index in [-0.39, 0.29) is 45.6 Å². The van der Waals surface area contributed by atoms with Crippen LogP contribution in [-0.2, 0) is 9.84 Å². The Labute approximate surface area is 233 Å². The van der Waals surface area contributed by atoms with Crippen LogP contribution >= 0.6 is 11.6 Å². The first-order valence-electron chi connectivity index (χ1n) is 12.6. The summed E-state index contributed by atoms with van der Waals surface area (Å²) in [6.45, 7) is 1.88. The van der Waals surface area contributed by atoms with Gasteiger partial charge in [-0.05, 0) is 79.5 Å². The zero-order valence-electron chi connectivity index (χ0n) is 21.2. The van der Waals surface area contributed by atoms with E-state index in [2.05, 4.69) is 10.3 Å². The van der Waals surface area contributed by atoms with Crippen LogP contribution in [0.4, 0.5) is 18.9 Å². The molecule has 2 aliphatic carbocycles. The number of hydrogen-bond donors (Lipinski definition) is 3. The van der Waals surface area contributed by atoms with Gasteiger partial charge in [0.25, 0.3) is 5.91 Å². The summed E-state index contributed by atoms with van der Waals surface area (Å²) < 4.78 is 67.8. The molecule has 212 valence electrons. The summed E-state index contributed by atoms with van der Waals surface area (Å²) in [7, 11) is -4.11. The summed E-state index contributed by atoms with van der Waals surface area (Å²) in [4.78, 5) is 16.4. The van der Waals surface area contributed by atoms with E-state index in [0.29, 0.717) is 6.42 Å². The minimum Gasteiger partial charge on any atom is -0.386 e. The molecule has 3 aromatic rings. The summed E-state index contributed by atoms with van der Waals surface area (Å²) in [6.07, 6.45) is 0.0240. The number of aliphatic hydroxyl groups excluding tert-OH is 1. The molecule has 2 aromatic carbocycles. The molecule has 1 aromatic heterocycles. The SMILES string of the molecule is C[C@H]1CC2CC(S(=O)(=O)c3cc(C(=O)Nc4ccc(F)c(F)c4)ccc3Cl)CC1[C@@]2(O)[C@@H](O)c1ccc(F)cn1. The topological polar surface area (TPSA) is 117 Å². The zero-order chi connectivity index (χ0) is 29.0. The predicted molar refractivity (Wildman–Crippen MR) is 141 cm³/mol. The van der Waals surface area contributed by atoms with Crippen LogP contribution in [0.3, 0.4) is 0 Å². The number of fused-ring (bicyclic) bond motifs is 2. The van der Waals surface area contributed by atoms with Crippen molar-refractivity contribution in [3.8, 4) is 0 Å². The number of sulfone groups is 1. The van der Waals surface area contributed by atoms with Gasteiger partial charge in [0.1, 0.15) is 17.5 Å². The molecular formula is C28H26ClF3N2O5S. The maximum atomic E-state index is 13.8. The molecule has 2 saturated carbocycles. The van der Waals surface area contributed by atoms with Gasteiger partial charge in [-0.3, -0.25) is 9.78 Å². The average Bonchev–Trinajstić information content (AvgIpc) is 3.03. The number of carbonyl (C=O) groups is 1. The third kappa shape index (κ3) is 4.89. The molecule has 0 radical (unpaired) electrons. The number of nitrogens with one attached hydrogen (secondary N) is 1. The highest BCUT2D eigenvalue weighted by molar-refractivity contribution is 7.92. The van der Waals surface area contributed by atoms with Crippen molar-refractivity contribution in [2.24, 2.45) is 17.8 Å². The third-order valence-corrected chi connectivity index (χ3v) is 10.9. The monoisotopic (exact) mass is 594 g/mol. The maximum Gasteiger partial charge on any atom is 0.255 e. The molecule has 1 amide bonds. The molecule has 1 heterocycles. The van der Waals surface area contributed by atoms with Crippen LogP contribution < -0.4 is 5.32 Å². The van der Waals surface area contributed by atoms with Crippen LogP contribution in [-0.4, -0.2) is 40.4 Å². The Balaban J connectivity index is 1.41. The van der Waals surface area contributed by atoms with Crippen LogP contribution in [0.1, 0.15) is 48.3 Å². The number of halogens is 4. The van der Waals surface area contributed by atoms with Gasteiger partial charge in [0.05, 0.1) is 27.1 Å². The number of hydrogen-bond acceptors (Lipinski definition) is 6. The quantitative estimate of drug-likeness (QED) is 0.367. The van der Waals surface area contributed by atoms with Crippen molar-refractivity contribution in [1.29, 1.82) is 0 Å². The first kappa shape index (κ1) is 28.5. The first-order chi connectivity index (χ1) is 18.8. The minimum atomic E-state index is -4.11. The Morgan fingerprint density at radius 2 is 1.82 bits per heavy atom. The van der Waals surface area contributed by atoms with E-state index in [4.69, 9.17) is 11.6 Å². The van der Waals surface area contributed by atoms with Crippen molar-refractivity contribution in [2.45, 2.75) is 48.0 Å². The number of benzene rings is 2. The molecule has 40 heavy (non-hydrogen) atoms. The lowest BCUT2D eigenvalue weighted by molar-refractivity contribution is -0.149. The van der Waals surface area contributed by atoms with Crippen LogP contribution in [0.15, 0.2) is 59.6 Å². The third-order valence-electron chi connectivity index (χ3n) is 8.24. The lowest BCUT2D eigenvalue weighted by Gasteiger charge is -2.45. The molecule has 0 aliphatic heterocycles. The number of rotatable bonds is 6. The normalized spacial score (nSPS) is 26.9. The van der Waals surface area contributed by atoms with Gasteiger partial charge >= 0.3 is 0 Å². The molecule has 5 rings (SSSR count).